The van der Waals surface area contributed by atoms with E-state index in [9.17, 15) is 35.1 Å². The fraction of sp³-hybridized carbons (Fsp3) is 0.710. The van der Waals surface area contributed by atoms with Crippen LogP contribution in [0.5, 0.6) is 0 Å². The summed E-state index contributed by atoms with van der Waals surface area (Å²) in [6.07, 6.45) is -0.845. The summed E-state index contributed by atoms with van der Waals surface area (Å²) >= 11 is 1.46. The number of rotatable bonds is 6. The highest BCUT2D eigenvalue weighted by atomic mass is 32.1. The Bertz CT molecular complexity index is 1130. The molecule has 12 heteroatoms. The lowest BCUT2D eigenvalue weighted by Gasteiger charge is -2.38. The zero-order chi connectivity index (χ0) is 31.9. The Hall–Kier alpha value is -2.03. The van der Waals surface area contributed by atoms with Gasteiger partial charge in [-0.1, -0.05) is 39.8 Å². The van der Waals surface area contributed by atoms with Gasteiger partial charge in [-0.2, -0.15) is 0 Å². The fourth-order valence-electron chi connectivity index (χ4n) is 5.58. The van der Waals surface area contributed by atoms with Gasteiger partial charge in [-0.05, 0) is 43.8 Å². The molecule has 1 saturated heterocycles. The number of carbonyl (C=O) groups is 2. The standard InChI is InChI=1S/C31H47NO10S/c1-17-10-8-6-7-9-11-22(20(14-33)12-21-16-43-19(3)32-21)40-25(35)13-24(31(4,5)29(39)18(2)26(17)36)42-30-28(38)27(37)23(15-34)41-30/h7,9,12,16-18,22-24,26-28,30,33-34,36-38H,6,8,10-11,13-15H2,1-5H3/b9-7-,20-12+/t17-,18+,22-,23+,24-,26-,27+,28-,30+/m0/s1. The number of hydrogen-bond acceptors (Lipinski definition) is 12. The third kappa shape index (κ3) is 9.01. The SMILES string of the molecule is Cc1nc(/C=C(\CO)[C@@H]2C/C=C\CCC[C@H](C)[C@H](O)[C@@H](C)C(=O)C(C)(C)[C@@H](O[C@H]3O[C@H](CO)[C@@H](O)[C@@H]3O)CC(=O)O2)cs1. The number of carbonyl (C=O) groups excluding carboxylic acids is 2. The second-order valence-electron chi connectivity index (χ2n) is 12.2. The molecule has 2 aliphatic heterocycles. The first-order valence-electron chi connectivity index (χ1n) is 14.9. The lowest BCUT2D eigenvalue weighted by molar-refractivity contribution is -0.218. The molecule has 3 rings (SSSR count). The Labute approximate surface area is 257 Å². The Morgan fingerprint density at radius 2 is 1.86 bits per heavy atom. The Kier molecular flexibility index (Phi) is 13.0. The van der Waals surface area contributed by atoms with Crippen LogP contribution in [0.2, 0.25) is 0 Å². The maximum atomic E-state index is 13.9. The first kappa shape index (κ1) is 35.4. The van der Waals surface area contributed by atoms with Crippen molar-refractivity contribution in [2.24, 2.45) is 17.3 Å². The smallest absolute Gasteiger partial charge is 0.309 e. The van der Waals surface area contributed by atoms with Crippen molar-refractivity contribution in [1.29, 1.82) is 0 Å². The van der Waals surface area contributed by atoms with Gasteiger partial charge in [0.2, 0.25) is 0 Å². The Morgan fingerprint density at radius 1 is 1.14 bits per heavy atom. The average molecular weight is 626 g/mol. The minimum absolute atomic E-state index is 0.168. The number of aliphatic hydroxyl groups is 5. The van der Waals surface area contributed by atoms with Crippen LogP contribution in [0.15, 0.2) is 23.1 Å². The van der Waals surface area contributed by atoms with Gasteiger partial charge in [-0.15, -0.1) is 11.3 Å². The molecule has 43 heavy (non-hydrogen) atoms. The monoisotopic (exact) mass is 625 g/mol. The lowest BCUT2D eigenvalue weighted by Crippen LogP contribution is -2.49. The molecular formula is C31H47NO10S. The summed E-state index contributed by atoms with van der Waals surface area (Å²) < 4.78 is 17.4. The van der Waals surface area contributed by atoms with Crippen molar-refractivity contribution in [3.8, 4) is 0 Å². The largest absolute Gasteiger partial charge is 0.457 e. The lowest BCUT2D eigenvalue weighted by atomic mass is 9.72. The van der Waals surface area contributed by atoms with E-state index in [2.05, 4.69) is 4.98 Å². The predicted molar refractivity (Wildman–Crippen MR) is 160 cm³/mol. The number of hydrogen-bond donors (Lipinski definition) is 5. The molecule has 1 fully saturated rings. The number of ether oxygens (including phenoxy) is 3. The molecule has 0 aliphatic carbocycles. The second kappa shape index (κ2) is 15.8. The number of thiazole rings is 1. The van der Waals surface area contributed by atoms with Crippen LogP contribution in [0.3, 0.4) is 0 Å². The third-order valence-corrected chi connectivity index (χ3v) is 9.28. The number of aliphatic hydroxyl groups excluding tert-OH is 5. The number of esters is 1. The predicted octanol–water partition coefficient (Wildman–Crippen LogP) is 2.31. The highest BCUT2D eigenvalue weighted by molar-refractivity contribution is 7.09. The maximum Gasteiger partial charge on any atom is 0.309 e. The molecule has 2 aliphatic rings. The summed E-state index contributed by atoms with van der Waals surface area (Å²) in [7, 11) is 0. The van der Waals surface area contributed by atoms with E-state index in [0.717, 1.165) is 17.8 Å². The highest BCUT2D eigenvalue weighted by Gasteiger charge is 2.49. The van der Waals surface area contributed by atoms with Gasteiger partial charge < -0.3 is 39.7 Å². The zero-order valence-electron chi connectivity index (χ0n) is 25.6. The molecule has 0 aromatic carbocycles. The molecule has 242 valence electrons. The number of nitrogens with zero attached hydrogens (tertiary/aromatic N) is 1. The first-order valence-corrected chi connectivity index (χ1v) is 15.8. The van der Waals surface area contributed by atoms with Gasteiger partial charge in [0.15, 0.2) is 6.29 Å². The van der Waals surface area contributed by atoms with Crippen LogP contribution in [0.1, 0.15) is 70.5 Å². The van der Waals surface area contributed by atoms with Crippen LogP contribution in [0.4, 0.5) is 0 Å². The van der Waals surface area contributed by atoms with E-state index >= 15 is 0 Å². The topological polar surface area (TPSA) is 176 Å². The minimum Gasteiger partial charge on any atom is -0.457 e. The highest BCUT2D eigenvalue weighted by Crippen LogP contribution is 2.36. The van der Waals surface area contributed by atoms with E-state index in [0.29, 0.717) is 24.1 Å². The Balaban J connectivity index is 1.97. The van der Waals surface area contributed by atoms with Gasteiger partial charge in [0.1, 0.15) is 30.2 Å². The molecule has 5 N–H and O–H groups in total. The van der Waals surface area contributed by atoms with Gasteiger partial charge >= 0.3 is 5.97 Å². The van der Waals surface area contributed by atoms with E-state index in [1.54, 1.807) is 26.8 Å². The van der Waals surface area contributed by atoms with E-state index in [4.69, 9.17) is 14.2 Å². The molecule has 0 radical (unpaired) electrons. The van der Waals surface area contributed by atoms with Crippen LogP contribution in [-0.2, 0) is 23.8 Å². The molecule has 0 spiro atoms. The molecule has 1 aromatic heterocycles. The van der Waals surface area contributed by atoms with Crippen molar-refractivity contribution in [2.45, 2.75) is 110 Å². The van der Waals surface area contributed by atoms with Crippen molar-refractivity contribution < 1.29 is 49.3 Å². The molecule has 3 heterocycles. The average Bonchev–Trinajstić information content (AvgIpc) is 3.51. The normalized spacial score (nSPS) is 36.0. The van der Waals surface area contributed by atoms with Crippen LogP contribution in [-0.4, -0.2) is 98.4 Å². The van der Waals surface area contributed by atoms with Crippen LogP contribution >= 0.6 is 11.3 Å². The summed E-state index contributed by atoms with van der Waals surface area (Å²) in [6.45, 7) is 7.65. The number of aromatic nitrogens is 1. The van der Waals surface area contributed by atoms with E-state index in [1.165, 1.54) is 11.3 Å². The van der Waals surface area contributed by atoms with Crippen LogP contribution < -0.4 is 0 Å². The number of allylic oxidation sites excluding steroid dienone is 1. The molecule has 11 nitrogen and oxygen atoms in total. The summed E-state index contributed by atoms with van der Waals surface area (Å²) in [5.41, 5.74) is -0.284. The van der Waals surface area contributed by atoms with E-state index in [-0.39, 0.29) is 18.3 Å². The van der Waals surface area contributed by atoms with Crippen molar-refractivity contribution >= 4 is 29.2 Å². The third-order valence-electron chi connectivity index (χ3n) is 8.48. The van der Waals surface area contributed by atoms with Crippen molar-refractivity contribution in [3.05, 3.63) is 33.8 Å². The zero-order valence-corrected chi connectivity index (χ0v) is 26.4. The maximum absolute atomic E-state index is 13.9. The Morgan fingerprint density at radius 3 is 2.47 bits per heavy atom. The van der Waals surface area contributed by atoms with Crippen molar-refractivity contribution in [1.82, 2.24) is 4.98 Å². The van der Waals surface area contributed by atoms with E-state index < -0.39 is 73.2 Å². The molecule has 0 amide bonds. The van der Waals surface area contributed by atoms with Crippen molar-refractivity contribution in [2.75, 3.05) is 13.2 Å². The summed E-state index contributed by atoms with van der Waals surface area (Å²) in [5, 5.41) is 54.3. The first-order chi connectivity index (χ1) is 20.3. The van der Waals surface area contributed by atoms with Gasteiger partial charge in [0.05, 0.1) is 48.0 Å². The number of aryl methyl sites for hydroxylation is 1. The second-order valence-corrected chi connectivity index (χ2v) is 13.2. The van der Waals surface area contributed by atoms with Crippen LogP contribution in [0.25, 0.3) is 6.08 Å². The van der Waals surface area contributed by atoms with Gasteiger partial charge in [-0.25, -0.2) is 4.98 Å². The molecular weight excluding hydrogens is 578 g/mol. The van der Waals surface area contributed by atoms with Crippen LogP contribution in [0, 0.1) is 24.2 Å². The quantitative estimate of drug-likeness (QED) is 0.232. The number of ketones is 1. The molecule has 9 atom stereocenters. The number of cyclic esters (lactones) is 1. The van der Waals surface area contributed by atoms with E-state index in [1.807, 2.05) is 31.4 Å². The van der Waals surface area contributed by atoms with Gasteiger partial charge in [-0.3, -0.25) is 9.59 Å². The van der Waals surface area contributed by atoms with Crippen molar-refractivity contribution in [3.63, 3.8) is 0 Å². The number of Topliss-reactive ketones (excluding diaryl/α,β-unsaturated/α-hetero) is 1. The molecule has 0 bridgehead atoms. The summed E-state index contributed by atoms with van der Waals surface area (Å²) in [6, 6.07) is 0. The molecule has 1 aromatic rings. The minimum atomic E-state index is -1.54. The molecule has 0 unspecified atom stereocenters. The van der Waals surface area contributed by atoms with Gasteiger partial charge in [0.25, 0.3) is 0 Å². The fourth-order valence-corrected chi connectivity index (χ4v) is 6.15. The summed E-state index contributed by atoms with van der Waals surface area (Å²) in [5.74, 6) is -2.04. The van der Waals surface area contributed by atoms with Gasteiger partial charge in [0, 0.05) is 17.7 Å². The molecule has 0 saturated carbocycles. The summed E-state index contributed by atoms with van der Waals surface area (Å²) in [4.78, 5) is 31.8.